The molecule has 0 aliphatic heterocycles. The number of hydrogen-bond acceptors (Lipinski definition) is 4. The van der Waals surface area contributed by atoms with Gasteiger partial charge in [-0.2, -0.15) is 0 Å². The zero-order chi connectivity index (χ0) is 12.4. The van der Waals surface area contributed by atoms with E-state index in [0.717, 1.165) is 15.8 Å². The van der Waals surface area contributed by atoms with Crippen LogP contribution in [0.1, 0.15) is 25.7 Å². The lowest BCUT2D eigenvalue weighted by atomic mass is 10.2. The van der Waals surface area contributed by atoms with Crippen LogP contribution in [0.15, 0.2) is 29.3 Å². The summed E-state index contributed by atoms with van der Waals surface area (Å²) in [6.45, 7) is 0. The van der Waals surface area contributed by atoms with Crippen LogP contribution in [0.4, 0.5) is 5.95 Å². The summed E-state index contributed by atoms with van der Waals surface area (Å²) in [6, 6.07) is 8.25. The van der Waals surface area contributed by atoms with E-state index in [2.05, 4.69) is 33.5 Å². The van der Waals surface area contributed by atoms with Gasteiger partial charge in [-0.25, -0.2) is 9.97 Å². The highest BCUT2D eigenvalue weighted by Crippen LogP contribution is 2.36. The quantitative estimate of drug-likeness (QED) is 0.853. The fourth-order valence-electron chi connectivity index (χ4n) is 2.41. The van der Waals surface area contributed by atoms with Gasteiger partial charge in [0, 0.05) is 17.7 Å². The second kappa shape index (κ2) is 5.14. The minimum atomic E-state index is 0.717. The standard InChI is InChI=1S/C14H17N3S/c1-15-14-16-12-9-5-4-8-11(12)13(17-14)18-10-6-2-3-7-10/h4-5,8-10H,2-3,6-7H2,1H3,(H,15,16,17). The lowest BCUT2D eigenvalue weighted by Crippen LogP contribution is -2.01. The number of nitrogens with zero attached hydrogens (tertiary/aromatic N) is 2. The Morgan fingerprint density at radius 3 is 2.72 bits per heavy atom. The molecule has 1 aromatic carbocycles. The molecule has 3 rings (SSSR count). The van der Waals surface area contributed by atoms with Crippen molar-refractivity contribution in [2.75, 3.05) is 12.4 Å². The number of rotatable bonds is 3. The highest BCUT2D eigenvalue weighted by Gasteiger charge is 2.18. The number of nitrogens with one attached hydrogen (secondary N) is 1. The van der Waals surface area contributed by atoms with Gasteiger partial charge in [-0.1, -0.05) is 31.0 Å². The van der Waals surface area contributed by atoms with Crippen LogP contribution < -0.4 is 5.32 Å². The van der Waals surface area contributed by atoms with Crippen LogP contribution in [0.25, 0.3) is 10.9 Å². The first-order valence-corrected chi connectivity index (χ1v) is 7.36. The fraction of sp³-hybridized carbons (Fsp3) is 0.429. The van der Waals surface area contributed by atoms with E-state index in [1.165, 1.54) is 31.1 Å². The molecule has 1 aliphatic carbocycles. The molecular weight excluding hydrogens is 242 g/mol. The molecule has 1 heterocycles. The Bertz CT molecular complexity index is 550. The Kier molecular flexibility index (Phi) is 3.37. The summed E-state index contributed by atoms with van der Waals surface area (Å²) >= 11 is 1.92. The molecule has 18 heavy (non-hydrogen) atoms. The Morgan fingerprint density at radius 1 is 1.17 bits per heavy atom. The number of anilines is 1. The van der Waals surface area contributed by atoms with E-state index in [-0.39, 0.29) is 0 Å². The van der Waals surface area contributed by atoms with Crippen molar-refractivity contribution in [2.24, 2.45) is 0 Å². The molecule has 4 heteroatoms. The van der Waals surface area contributed by atoms with Crippen LogP contribution in [0.2, 0.25) is 0 Å². The smallest absolute Gasteiger partial charge is 0.224 e. The highest BCUT2D eigenvalue weighted by atomic mass is 32.2. The molecule has 1 fully saturated rings. The molecule has 1 aromatic heterocycles. The van der Waals surface area contributed by atoms with E-state index in [9.17, 15) is 0 Å². The molecule has 0 radical (unpaired) electrons. The Hall–Kier alpha value is -1.29. The van der Waals surface area contributed by atoms with Gasteiger partial charge in [0.2, 0.25) is 5.95 Å². The fourth-order valence-corrected chi connectivity index (χ4v) is 3.74. The number of hydrogen-bond donors (Lipinski definition) is 1. The maximum absolute atomic E-state index is 4.62. The first-order chi connectivity index (χ1) is 8.86. The molecule has 0 spiro atoms. The van der Waals surface area contributed by atoms with Crippen LogP contribution in [-0.4, -0.2) is 22.3 Å². The van der Waals surface area contributed by atoms with E-state index in [1.54, 1.807) is 0 Å². The van der Waals surface area contributed by atoms with Crippen molar-refractivity contribution in [2.45, 2.75) is 36.0 Å². The molecule has 94 valence electrons. The summed E-state index contributed by atoms with van der Waals surface area (Å²) < 4.78 is 0. The van der Waals surface area contributed by atoms with Gasteiger partial charge < -0.3 is 5.32 Å². The van der Waals surface area contributed by atoms with Crippen molar-refractivity contribution >= 4 is 28.6 Å². The number of para-hydroxylation sites is 1. The topological polar surface area (TPSA) is 37.8 Å². The van der Waals surface area contributed by atoms with E-state index >= 15 is 0 Å². The van der Waals surface area contributed by atoms with Gasteiger partial charge >= 0.3 is 0 Å². The summed E-state index contributed by atoms with van der Waals surface area (Å²) in [5.41, 5.74) is 1.03. The van der Waals surface area contributed by atoms with Gasteiger partial charge in [0.25, 0.3) is 0 Å². The molecular formula is C14H17N3S. The highest BCUT2D eigenvalue weighted by molar-refractivity contribution is 8.00. The van der Waals surface area contributed by atoms with Gasteiger partial charge in [0.1, 0.15) is 5.03 Å². The molecule has 1 saturated carbocycles. The van der Waals surface area contributed by atoms with Gasteiger partial charge in [-0.3, -0.25) is 0 Å². The zero-order valence-corrected chi connectivity index (χ0v) is 11.3. The van der Waals surface area contributed by atoms with E-state index < -0.39 is 0 Å². The third kappa shape index (κ3) is 2.29. The lowest BCUT2D eigenvalue weighted by molar-refractivity contribution is 0.886. The van der Waals surface area contributed by atoms with Crippen molar-refractivity contribution in [1.29, 1.82) is 0 Å². The third-order valence-electron chi connectivity index (χ3n) is 3.37. The minimum absolute atomic E-state index is 0.717. The predicted octanol–water partition coefficient (Wildman–Crippen LogP) is 3.71. The minimum Gasteiger partial charge on any atom is -0.357 e. The molecule has 2 aromatic rings. The Balaban J connectivity index is 2.01. The van der Waals surface area contributed by atoms with Gasteiger partial charge in [-0.05, 0) is 18.9 Å². The Morgan fingerprint density at radius 2 is 1.94 bits per heavy atom. The second-order valence-corrected chi connectivity index (χ2v) is 5.93. The maximum atomic E-state index is 4.62. The maximum Gasteiger partial charge on any atom is 0.224 e. The van der Waals surface area contributed by atoms with Crippen molar-refractivity contribution in [3.8, 4) is 0 Å². The second-order valence-electron chi connectivity index (χ2n) is 4.64. The number of aromatic nitrogens is 2. The molecule has 1 aliphatic rings. The summed E-state index contributed by atoms with van der Waals surface area (Å²) in [7, 11) is 1.87. The molecule has 0 bridgehead atoms. The summed E-state index contributed by atoms with van der Waals surface area (Å²) in [5.74, 6) is 0.717. The third-order valence-corrected chi connectivity index (χ3v) is 4.71. The largest absolute Gasteiger partial charge is 0.357 e. The van der Waals surface area contributed by atoms with Crippen LogP contribution >= 0.6 is 11.8 Å². The normalized spacial score (nSPS) is 16.3. The predicted molar refractivity (Wildman–Crippen MR) is 77.2 cm³/mol. The molecule has 0 atom stereocenters. The van der Waals surface area contributed by atoms with Gasteiger partial charge in [-0.15, -0.1) is 11.8 Å². The van der Waals surface area contributed by atoms with Gasteiger partial charge in [0.15, 0.2) is 0 Å². The van der Waals surface area contributed by atoms with E-state index in [4.69, 9.17) is 0 Å². The first kappa shape index (κ1) is 11.8. The van der Waals surface area contributed by atoms with Crippen LogP contribution in [0.3, 0.4) is 0 Å². The van der Waals surface area contributed by atoms with Gasteiger partial charge in [0.05, 0.1) is 5.52 Å². The molecule has 0 unspecified atom stereocenters. The van der Waals surface area contributed by atoms with E-state index in [0.29, 0.717) is 5.95 Å². The van der Waals surface area contributed by atoms with Crippen molar-refractivity contribution in [3.63, 3.8) is 0 Å². The summed E-state index contributed by atoms with van der Waals surface area (Å²) in [6.07, 6.45) is 5.36. The lowest BCUT2D eigenvalue weighted by Gasteiger charge is -2.11. The average molecular weight is 259 g/mol. The summed E-state index contributed by atoms with van der Waals surface area (Å²) in [4.78, 5) is 9.12. The molecule has 0 saturated heterocycles. The number of thioether (sulfide) groups is 1. The van der Waals surface area contributed by atoms with Crippen molar-refractivity contribution in [3.05, 3.63) is 24.3 Å². The monoisotopic (exact) mass is 259 g/mol. The average Bonchev–Trinajstić information content (AvgIpc) is 2.91. The zero-order valence-electron chi connectivity index (χ0n) is 10.5. The van der Waals surface area contributed by atoms with Crippen molar-refractivity contribution in [1.82, 2.24) is 9.97 Å². The van der Waals surface area contributed by atoms with Crippen LogP contribution in [0, 0.1) is 0 Å². The van der Waals surface area contributed by atoms with Crippen LogP contribution in [0.5, 0.6) is 0 Å². The number of fused-ring (bicyclic) bond motifs is 1. The van der Waals surface area contributed by atoms with Crippen LogP contribution in [-0.2, 0) is 0 Å². The van der Waals surface area contributed by atoms with Crippen molar-refractivity contribution < 1.29 is 0 Å². The number of benzene rings is 1. The Labute approximate surface area is 111 Å². The molecule has 0 amide bonds. The van der Waals surface area contributed by atoms with E-state index in [1.807, 2.05) is 24.9 Å². The molecule has 1 N–H and O–H groups in total. The molecule has 3 nitrogen and oxygen atoms in total. The first-order valence-electron chi connectivity index (χ1n) is 6.48. The summed E-state index contributed by atoms with van der Waals surface area (Å²) in [5, 5.41) is 6.08. The SMILES string of the molecule is CNc1nc(SC2CCCC2)c2ccccc2n1.